The summed E-state index contributed by atoms with van der Waals surface area (Å²) < 4.78 is 6.16. The van der Waals surface area contributed by atoms with Crippen molar-refractivity contribution in [2.45, 2.75) is 32.1 Å². The molecule has 2 nitrogen and oxygen atoms in total. The maximum Gasteiger partial charge on any atom is 0.334 e. The van der Waals surface area contributed by atoms with Crippen LogP contribution in [0.25, 0.3) is 0 Å². The molecular formula is C13H17IO2. The van der Waals surface area contributed by atoms with Crippen LogP contribution in [-0.2, 0) is 9.53 Å². The lowest BCUT2D eigenvalue weighted by atomic mass is 9.78. The molecule has 0 bridgehead atoms. The molecule has 1 unspecified atom stereocenters. The molecule has 2 aliphatic rings. The van der Waals surface area contributed by atoms with Gasteiger partial charge in [0, 0.05) is 11.5 Å². The first-order valence-electron chi connectivity index (χ1n) is 5.89. The Hall–Kier alpha value is -0.320. The summed E-state index contributed by atoms with van der Waals surface area (Å²) in [6.45, 7) is 0. The molecule has 0 amide bonds. The molecular weight excluding hydrogens is 315 g/mol. The minimum atomic E-state index is -0.154. The number of esters is 1. The second-order valence-electron chi connectivity index (χ2n) is 4.54. The van der Waals surface area contributed by atoms with E-state index in [0.29, 0.717) is 11.8 Å². The Labute approximate surface area is 110 Å². The molecule has 0 N–H and O–H groups in total. The van der Waals surface area contributed by atoms with Gasteiger partial charge in [-0.05, 0) is 44.9 Å². The van der Waals surface area contributed by atoms with Crippen molar-refractivity contribution in [3.05, 3.63) is 21.3 Å². The van der Waals surface area contributed by atoms with E-state index in [9.17, 15) is 4.79 Å². The molecule has 0 heterocycles. The van der Waals surface area contributed by atoms with Gasteiger partial charge in [-0.3, -0.25) is 0 Å². The van der Waals surface area contributed by atoms with Gasteiger partial charge in [-0.2, -0.15) is 0 Å². The zero-order valence-corrected chi connectivity index (χ0v) is 11.7. The van der Waals surface area contributed by atoms with E-state index in [0.717, 1.165) is 5.57 Å². The van der Waals surface area contributed by atoms with Crippen LogP contribution < -0.4 is 0 Å². The number of rotatable bonds is 2. The highest BCUT2D eigenvalue weighted by Gasteiger charge is 2.34. The van der Waals surface area contributed by atoms with Crippen molar-refractivity contribution in [3.8, 4) is 0 Å². The van der Waals surface area contributed by atoms with Crippen LogP contribution in [0.5, 0.6) is 0 Å². The summed E-state index contributed by atoms with van der Waals surface area (Å²) in [6, 6.07) is 0. The SMILES string of the molecule is COC(=O)C1=CC=C(I)C1C1CCCCC1. The standard InChI is InChI=1S/C13H17IO2/c1-16-13(15)10-7-8-11(14)12(10)9-5-3-2-4-6-9/h7-9,12H,2-6H2,1H3. The van der Waals surface area contributed by atoms with Gasteiger partial charge in [0.1, 0.15) is 0 Å². The number of methoxy groups -OCH3 is 1. The van der Waals surface area contributed by atoms with E-state index < -0.39 is 0 Å². The number of allylic oxidation sites excluding steroid dienone is 3. The molecule has 3 heteroatoms. The predicted octanol–water partition coefficient (Wildman–Crippen LogP) is 3.61. The summed E-state index contributed by atoms with van der Waals surface area (Å²) >= 11 is 2.36. The lowest BCUT2D eigenvalue weighted by molar-refractivity contribution is -0.136. The van der Waals surface area contributed by atoms with Gasteiger partial charge in [-0.1, -0.05) is 31.4 Å². The highest BCUT2D eigenvalue weighted by atomic mass is 127. The first-order valence-corrected chi connectivity index (χ1v) is 6.97. The van der Waals surface area contributed by atoms with Crippen molar-refractivity contribution < 1.29 is 9.53 Å². The number of halogens is 1. The Bertz CT molecular complexity index is 338. The van der Waals surface area contributed by atoms with Gasteiger partial charge in [0.05, 0.1) is 7.11 Å². The Balaban J connectivity index is 2.13. The third kappa shape index (κ3) is 2.34. The third-order valence-electron chi connectivity index (χ3n) is 3.60. The Morgan fingerprint density at radius 3 is 2.62 bits per heavy atom. The van der Waals surface area contributed by atoms with Crippen LogP contribution in [0.3, 0.4) is 0 Å². The summed E-state index contributed by atoms with van der Waals surface area (Å²) in [5.41, 5.74) is 0.860. The molecule has 2 rings (SSSR count). The fourth-order valence-electron chi connectivity index (χ4n) is 2.78. The van der Waals surface area contributed by atoms with Crippen LogP contribution in [0.4, 0.5) is 0 Å². The second-order valence-corrected chi connectivity index (χ2v) is 5.79. The predicted molar refractivity (Wildman–Crippen MR) is 72.3 cm³/mol. The molecule has 0 aromatic carbocycles. The van der Waals surface area contributed by atoms with Gasteiger partial charge < -0.3 is 4.74 Å². The number of ether oxygens (including phenoxy) is 1. The van der Waals surface area contributed by atoms with Gasteiger partial charge in [0.15, 0.2) is 0 Å². The monoisotopic (exact) mass is 332 g/mol. The molecule has 16 heavy (non-hydrogen) atoms. The van der Waals surface area contributed by atoms with Crippen LogP contribution in [0.1, 0.15) is 32.1 Å². The Kier molecular flexibility index (Phi) is 4.05. The summed E-state index contributed by atoms with van der Waals surface area (Å²) in [5, 5.41) is 0. The zero-order chi connectivity index (χ0) is 11.5. The van der Waals surface area contributed by atoms with Crippen molar-refractivity contribution in [1.82, 2.24) is 0 Å². The van der Waals surface area contributed by atoms with Crippen LogP contribution >= 0.6 is 22.6 Å². The van der Waals surface area contributed by atoms with E-state index in [1.165, 1.54) is 42.8 Å². The summed E-state index contributed by atoms with van der Waals surface area (Å²) in [6.07, 6.45) is 10.5. The molecule has 1 saturated carbocycles. The van der Waals surface area contributed by atoms with Gasteiger partial charge >= 0.3 is 5.97 Å². The van der Waals surface area contributed by atoms with Crippen molar-refractivity contribution in [3.63, 3.8) is 0 Å². The lowest BCUT2D eigenvalue weighted by Gasteiger charge is -2.29. The van der Waals surface area contributed by atoms with Gasteiger partial charge in [0.25, 0.3) is 0 Å². The fourth-order valence-corrected chi connectivity index (χ4v) is 3.81. The molecule has 0 aliphatic heterocycles. The van der Waals surface area contributed by atoms with E-state index in [-0.39, 0.29) is 5.97 Å². The fraction of sp³-hybridized carbons (Fsp3) is 0.615. The van der Waals surface area contributed by atoms with E-state index in [4.69, 9.17) is 4.74 Å². The first-order chi connectivity index (χ1) is 7.74. The molecule has 88 valence electrons. The smallest absolute Gasteiger partial charge is 0.334 e. The van der Waals surface area contributed by atoms with Crippen molar-refractivity contribution in [2.24, 2.45) is 11.8 Å². The summed E-state index contributed by atoms with van der Waals surface area (Å²) in [5.74, 6) is 0.802. The molecule has 0 spiro atoms. The molecule has 0 aromatic heterocycles. The minimum Gasteiger partial charge on any atom is -0.466 e. The molecule has 0 saturated heterocycles. The highest BCUT2D eigenvalue weighted by Crippen LogP contribution is 2.43. The van der Waals surface area contributed by atoms with Crippen molar-refractivity contribution in [2.75, 3.05) is 7.11 Å². The number of carbonyl (C=O) groups excluding carboxylic acids is 1. The van der Waals surface area contributed by atoms with E-state index >= 15 is 0 Å². The largest absolute Gasteiger partial charge is 0.466 e. The first kappa shape index (κ1) is 12.1. The van der Waals surface area contributed by atoms with E-state index in [2.05, 4.69) is 28.7 Å². The number of carbonyl (C=O) groups is 1. The topological polar surface area (TPSA) is 26.3 Å². The van der Waals surface area contributed by atoms with Gasteiger partial charge in [0.2, 0.25) is 0 Å². The molecule has 1 fully saturated rings. The highest BCUT2D eigenvalue weighted by molar-refractivity contribution is 14.1. The third-order valence-corrected chi connectivity index (χ3v) is 4.63. The van der Waals surface area contributed by atoms with E-state index in [1.54, 1.807) is 0 Å². The zero-order valence-electron chi connectivity index (χ0n) is 9.54. The van der Waals surface area contributed by atoms with Crippen LogP contribution in [0, 0.1) is 11.8 Å². The van der Waals surface area contributed by atoms with Crippen LogP contribution in [-0.4, -0.2) is 13.1 Å². The quantitative estimate of drug-likeness (QED) is 0.570. The van der Waals surface area contributed by atoms with Crippen LogP contribution in [0.15, 0.2) is 21.3 Å². The second kappa shape index (κ2) is 5.34. The van der Waals surface area contributed by atoms with Gasteiger partial charge in [-0.25, -0.2) is 4.79 Å². The van der Waals surface area contributed by atoms with Gasteiger partial charge in [-0.15, -0.1) is 0 Å². The molecule has 1 atom stereocenters. The van der Waals surface area contributed by atoms with Crippen molar-refractivity contribution >= 4 is 28.6 Å². The normalized spacial score (nSPS) is 26.2. The average Bonchev–Trinajstić information content (AvgIpc) is 2.71. The average molecular weight is 332 g/mol. The number of hydrogen-bond donors (Lipinski definition) is 0. The lowest BCUT2D eigenvalue weighted by Crippen LogP contribution is -2.22. The van der Waals surface area contributed by atoms with Crippen molar-refractivity contribution in [1.29, 1.82) is 0 Å². The summed E-state index contributed by atoms with van der Waals surface area (Å²) in [7, 11) is 1.46. The Morgan fingerprint density at radius 1 is 1.31 bits per heavy atom. The molecule has 0 aromatic rings. The molecule has 0 radical (unpaired) electrons. The maximum atomic E-state index is 11.7. The maximum absolute atomic E-state index is 11.7. The number of hydrogen-bond acceptors (Lipinski definition) is 2. The summed E-state index contributed by atoms with van der Waals surface area (Å²) in [4.78, 5) is 11.7. The van der Waals surface area contributed by atoms with E-state index in [1.807, 2.05) is 6.08 Å². The Morgan fingerprint density at radius 2 is 2.00 bits per heavy atom. The minimum absolute atomic E-state index is 0.154. The van der Waals surface area contributed by atoms with Crippen LogP contribution in [0.2, 0.25) is 0 Å². The molecule has 2 aliphatic carbocycles.